The number of aromatic nitrogens is 2. The maximum Gasteiger partial charge on any atom is 0.209 e. The Balaban J connectivity index is 0.000000461. The molecule has 30 heavy (non-hydrogen) atoms. The Morgan fingerprint density at radius 3 is 2.80 bits per heavy atom. The van der Waals surface area contributed by atoms with E-state index in [2.05, 4.69) is 52.7 Å². The Morgan fingerprint density at radius 2 is 2.17 bits per heavy atom. The fourth-order valence-electron chi connectivity index (χ4n) is 3.35. The van der Waals surface area contributed by atoms with Gasteiger partial charge in [0.05, 0.1) is 18.3 Å². The molecule has 4 rings (SSSR count). The Bertz CT molecular complexity index is 925. The number of rotatable bonds is 7. The van der Waals surface area contributed by atoms with Crippen LogP contribution >= 0.6 is 22.7 Å². The van der Waals surface area contributed by atoms with Gasteiger partial charge in [-0.05, 0) is 44.2 Å². The number of anilines is 1. The van der Waals surface area contributed by atoms with Crippen LogP contribution in [0.25, 0.3) is 11.3 Å². The number of carbonyl (C=O) groups is 1. The van der Waals surface area contributed by atoms with Gasteiger partial charge in [0.25, 0.3) is 0 Å². The number of amides is 1. The van der Waals surface area contributed by atoms with Gasteiger partial charge in [-0.3, -0.25) is 4.79 Å². The van der Waals surface area contributed by atoms with Crippen molar-refractivity contribution >= 4 is 34.2 Å². The molecule has 1 aliphatic rings. The fraction of sp³-hybridized carbons (Fsp3) is 0.455. The minimum atomic E-state index is 0.336. The van der Waals surface area contributed by atoms with Crippen molar-refractivity contribution in [2.24, 2.45) is 0 Å². The van der Waals surface area contributed by atoms with Crippen LogP contribution in [0.15, 0.2) is 29.0 Å². The van der Waals surface area contributed by atoms with Crippen molar-refractivity contribution in [2.45, 2.75) is 39.3 Å². The summed E-state index contributed by atoms with van der Waals surface area (Å²) >= 11 is 3.48. The average Bonchev–Trinajstić information content (AvgIpc) is 3.52. The monoisotopic (exact) mass is 446 g/mol. The Kier molecular flexibility index (Phi) is 8.07. The number of hydrogen-bond donors (Lipinski definition) is 1. The van der Waals surface area contributed by atoms with E-state index in [1.807, 2.05) is 0 Å². The second-order valence-corrected chi connectivity index (χ2v) is 9.46. The number of nitrogens with zero attached hydrogens (tertiary/aromatic N) is 3. The van der Waals surface area contributed by atoms with Gasteiger partial charge >= 0.3 is 0 Å². The van der Waals surface area contributed by atoms with E-state index >= 15 is 0 Å². The van der Waals surface area contributed by atoms with Crippen LogP contribution in [-0.4, -0.2) is 54.2 Å². The maximum absolute atomic E-state index is 9.43. The van der Waals surface area contributed by atoms with Crippen LogP contribution in [0.3, 0.4) is 0 Å². The summed E-state index contributed by atoms with van der Waals surface area (Å²) in [5.41, 5.74) is 4.85. The number of hydrogen-bond acceptors (Lipinski definition) is 6. The molecule has 6 nitrogen and oxygen atoms in total. The van der Waals surface area contributed by atoms with E-state index in [9.17, 15) is 4.79 Å². The number of nitrogens with one attached hydrogen (secondary N) is 1. The first-order chi connectivity index (χ1) is 14.5. The summed E-state index contributed by atoms with van der Waals surface area (Å²) in [4.78, 5) is 17.1. The standard InChI is InChI=1S/C19H23N3OS2.C3H7NO/c1-13-9-17(14(2)22(13)11-16-6-4-8-24-16)18-12-25-19(21-18)20-10-15-5-3-7-23-15;1-4(2)3-5/h4,6,8-9,12,15H,3,5,7,10-11H2,1-2H3,(H,20,21);3H,1-2H3. The van der Waals surface area contributed by atoms with Gasteiger partial charge in [-0.1, -0.05) is 6.07 Å². The summed E-state index contributed by atoms with van der Waals surface area (Å²) in [5, 5.41) is 8.70. The Morgan fingerprint density at radius 1 is 1.37 bits per heavy atom. The first-order valence-corrected chi connectivity index (χ1v) is 11.9. The molecule has 0 bridgehead atoms. The molecule has 4 heterocycles. The first kappa shape index (κ1) is 22.5. The number of aryl methyl sites for hydroxylation is 1. The number of ether oxygens (including phenoxy) is 1. The van der Waals surface area contributed by atoms with Gasteiger partial charge in [0.15, 0.2) is 5.13 Å². The zero-order valence-corrected chi connectivity index (χ0v) is 19.7. The zero-order chi connectivity index (χ0) is 21.5. The van der Waals surface area contributed by atoms with E-state index in [0.717, 1.165) is 43.4 Å². The SMILES string of the molecule is CN(C)C=O.Cc1cc(-c2csc(NCC3CCCO3)n2)c(C)n1Cc1cccs1. The number of thiazole rings is 1. The van der Waals surface area contributed by atoms with E-state index in [1.54, 1.807) is 36.8 Å². The number of carbonyl (C=O) groups excluding carboxylic acids is 1. The molecule has 8 heteroatoms. The van der Waals surface area contributed by atoms with E-state index in [1.165, 1.54) is 33.1 Å². The molecule has 3 aromatic heterocycles. The highest BCUT2D eigenvalue weighted by atomic mass is 32.1. The zero-order valence-electron chi connectivity index (χ0n) is 18.1. The van der Waals surface area contributed by atoms with Gasteiger partial charge in [-0.25, -0.2) is 4.98 Å². The van der Waals surface area contributed by atoms with Gasteiger partial charge in [-0.15, -0.1) is 22.7 Å². The molecule has 0 aliphatic carbocycles. The lowest BCUT2D eigenvalue weighted by Gasteiger charge is -2.09. The molecular weight excluding hydrogens is 416 g/mol. The van der Waals surface area contributed by atoms with Crippen molar-refractivity contribution in [3.8, 4) is 11.3 Å². The van der Waals surface area contributed by atoms with E-state index in [0.29, 0.717) is 6.10 Å². The van der Waals surface area contributed by atoms with E-state index in [-0.39, 0.29) is 0 Å². The highest BCUT2D eigenvalue weighted by Crippen LogP contribution is 2.31. The van der Waals surface area contributed by atoms with Crippen molar-refractivity contribution in [2.75, 3.05) is 32.6 Å². The van der Waals surface area contributed by atoms with Gasteiger partial charge < -0.3 is 19.5 Å². The lowest BCUT2D eigenvalue weighted by molar-refractivity contribution is -0.115. The molecule has 1 amide bonds. The molecule has 162 valence electrons. The third-order valence-electron chi connectivity index (χ3n) is 4.96. The summed E-state index contributed by atoms with van der Waals surface area (Å²) in [7, 11) is 3.38. The smallest absolute Gasteiger partial charge is 0.209 e. The molecule has 1 N–H and O–H groups in total. The average molecular weight is 447 g/mol. The molecule has 1 saturated heterocycles. The van der Waals surface area contributed by atoms with Crippen molar-refractivity contribution < 1.29 is 9.53 Å². The summed E-state index contributed by atoms with van der Waals surface area (Å²) < 4.78 is 8.04. The molecule has 0 radical (unpaired) electrons. The molecule has 1 aliphatic heterocycles. The quantitative estimate of drug-likeness (QED) is 0.538. The minimum Gasteiger partial charge on any atom is -0.376 e. The topological polar surface area (TPSA) is 59.4 Å². The highest BCUT2D eigenvalue weighted by Gasteiger charge is 2.17. The predicted molar refractivity (Wildman–Crippen MR) is 126 cm³/mol. The van der Waals surface area contributed by atoms with Crippen LogP contribution in [0.5, 0.6) is 0 Å². The van der Waals surface area contributed by atoms with Crippen molar-refractivity contribution in [3.63, 3.8) is 0 Å². The molecule has 0 saturated carbocycles. The molecule has 0 aromatic carbocycles. The van der Waals surface area contributed by atoms with Crippen molar-refractivity contribution in [1.82, 2.24) is 14.5 Å². The lowest BCUT2D eigenvalue weighted by Crippen LogP contribution is -2.18. The lowest BCUT2D eigenvalue weighted by atomic mass is 10.2. The van der Waals surface area contributed by atoms with Gasteiger partial charge in [-0.2, -0.15) is 0 Å². The fourth-order valence-corrected chi connectivity index (χ4v) is 4.76. The van der Waals surface area contributed by atoms with Crippen LogP contribution in [0, 0.1) is 13.8 Å². The first-order valence-electron chi connectivity index (χ1n) is 10.1. The summed E-state index contributed by atoms with van der Waals surface area (Å²) in [6, 6.07) is 6.56. The van der Waals surface area contributed by atoms with Crippen LogP contribution in [0.1, 0.15) is 29.1 Å². The Labute approximate surface area is 186 Å². The van der Waals surface area contributed by atoms with E-state index in [4.69, 9.17) is 9.72 Å². The third-order valence-corrected chi connectivity index (χ3v) is 6.62. The summed E-state index contributed by atoms with van der Waals surface area (Å²) in [6.45, 7) is 7.04. The van der Waals surface area contributed by atoms with Crippen molar-refractivity contribution in [3.05, 3.63) is 45.2 Å². The molecule has 1 unspecified atom stereocenters. The van der Waals surface area contributed by atoms with Gasteiger partial charge in [0.1, 0.15) is 0 Å². The third kappa shape index (κ3) is 5.93. The van der Waals surface area contributed by atoms with Crippen LogP contribution in [0.4, 0.5) is 5.13 Å². The second-order valence-electron chi connectivity index (χ2n) is 7.57. The molecule has 3 aromatic rings. The van der Waals surface area contributed by atoms with Gasteiger partial charge in [0.2, 0.25) is 6.41 Å². The summed E-state index contributed by atoms with van der Waals surface area (Å²) in [6.07, 6.45) is 3.41. The minimum absolute atomic E-state index is 0.336. The second kappa shape index (κ2) is 10.7. The largest absolute Gasteiger partial charge is 0.376 e. The predicted octanol–water partition coefficient (Wildman–Crippen LogP) is 4.63. The normalized spacial score (nSPS) is 15.5. The van der Waals surface area contributed by atoms with Crippen LogP contribution in [0.2, 0.25) is 0 Å². The molecule has 0 spiro atoms. The van der Waals surface area contributed by atoms with Crippen LogP contribution < -0.4 is 5.32 Å². The molecule has 1 fully saturated rings. The van der Waals surface area contributed by atoms with Crippen LogP contribution in [-0.2, 0) is 16.1 Å². The number of thiophene rings is 1. The molecule has 1 atom stereocenters. The summed E-state index contributed by atoms with van der Waals surface area (Å²) in [5.74, 6) is 0. The van der Waals surface area contributed by atoms with E-state index < -0.39 is 0 Å². The highest BCUT2D eigenvalue weighted by molar-refractivity contribution is 7.14. The van der Waals surface area contributed by atoms with Crippen molar-refractivity contribution in [1.29, 1.82) is 0 Å². The Hall–Kier alpha value is -2.16. The van der Waals surface area contributed by atoms with Gasteiger partial charge in [0, 0.05) is 54.5 Å². The molecular formula is C22H30N4O2S2. The maximum atomic E-state index is 9.43.